The van der Waals surface area contributed by atoms with Crippen LogP contribution in [0.1, 0.15) is 5.56 Å². The third-order valence-corrected chi connectivity index (χ3v) is 2.50. The number of carboxylic acid groups (broad SMARTS) is 1. The van der Waals surface area contributed by atoms with Crippen molar-refractivity contribution in [3.05, 3.63) is 23.8 Å². The van der Waals surface area contributed by atoms with Gasteiger partial charge >= 0.3 is 12.0 Å². The van der Waals surface area contributed by atoms with Crippen LogP contribution in [0.3, 0.4) is 0 Å². The fourth-order valence-electron chi connectivity index (χ4n) is 1.51. The molecule has 0 fully saturated rings. The Hall–Kier alpha value is -2.58. The van der Waals surface area contributed by atoms with Crippen molar-refractivity contribution in [3.8, 4) is 11.5 Å². The van der Waals surface area contributed by atoms with Gasteiger partial charge in [-0.05, 0) is 17.7 Å². The molecule has 1 atom stereocenters. The number of amides is 2. The molecule has 0 radical (unpaired) electrons. The maximum Gasteiger partial charge on any atom is 0.326 e. The summed E-state index contributed by atoms with van der Waals surface area (Å²) < 4.78 is 23.8. The number of benzene rings is 1. The van der Waals surface area contributed by atoms with Crippen molar-refractivity contribution in [1.29, 1.82) is 0 Å². The first-order valence-corrected chi connectivity index (χ1v) is 5.85. The van der Waals surface area contributed by atoms with Gasteiger partial charge in [-0.1, -0.05) is 6.07 Å². The Balaban J connectivity index is 2.67. The summed E-state index contributed by atoms with van der Waals surface area (Å²) in [6.45, 7) is -0.891. The van der Waals surface area contributed by atoms with Gasteiger partial charge in [-0.15, -0.1) is 0 Å². The van der Waals surface area contributed by atoms with Gasteiger partial charge in [0.2, 0.25) is 0 Å². The minimum atomic E-state index is -2.74. The molecule has 0 bridgehead atoms. The van der Waals surface area contributed by atoms with Gasteiger partial charge in [-0.25, -0.2) is 18.4 Å². The van der Waals surface area contributed by atoms with E-state index in [9.17, 15) is 23.5 Å². The topological polar surface area (TPSA) is 119 Å². The third kappa shape index (κ3) is 5.51. The summed E-state index contributed by atoms with van der Waals surface area (Å²) in [5.41, 5.74) is 0.340. The molecule has 1 aromatic carbocycles. The highest BCUT2D eigenvalue weighted by molar-refractivity contribution is 5.82. The Labute approximate surface area is 118 Å². The van der Waals surface area contributed by atoms with Gasteiger partial charge in [-0.2, -0.15) is 0 Å². The second kappa shape index (κ2) is 7.27. The van der Waals surface area contributed by atoms with E-state index in [1.54, 1.807) is 0 Å². The zero-order chi connectivity index (χ0) is 16.0. The standard InChI is InChI=1S/C12H14F2N2O5/c13-10(14)5-15-12(21)16-7(11(19)20)3-6-1-2-8(17)9(18)4-6/h1-2,4,7,10,17-18H,3,5H2,(H,19,20)(H2,15,16,21). The quantitative estimate of drug-likeness (QED) is 0.495. The van der Waals surface area contributed by atoms with Crippen molar-refractivity contribution < 1.29 is 33.7 Å². The number of alkyl halides is 2. The van der Waals surface area contributed by atoms with E-state index in [-0.39, 0.29) is 12.2 Å². The fraction of sp³-hybridized carbons (Fsp3) is 0.333. The van der Waals surface area contributed by atoms with Crippen molar-refractivity contribution in [1.82, 2.24) is 10.6 Å². The highest BCUT2D eigenvalue weighted by atomic mass is 19.3. The van der Waals surface area contributed by atoms with E-state index >= 15 is 0 Å². The molecule has 2 amide bonds. The molecule has 9 heteroatoms. The van der Waals surface area contributed by atoms with Crippen LogP contribution in [0.4, 0.5) is 13.6 Å². The Kier molecular flexibility index (Phi) is 5.70. The number of phenols is 2. The van der Waals surface area contributed by atoms with Gasteiger partial charge in [0.15, 0.2) is 11.5 Å². The largest absolute Gasteiger partial charge is 0.504 e. The first-order chi connectivity index (χ1) is 9.79. The molecule has 21 heavy (non-hydrogen) atoms. The second-order valence-corrected chi connectivity index (χ2v) is 4.16. The molecular weight excluding hydrogens is 290 g/mol. The molecule has 0 saturated heterocycles. The molecule has 0 aliphatic heterocycles. The zero-order valence-corrected chi connectivity index (χ0v) is 10.7. The SMILES string of the molecule is O=C(NCC(F)F)NC(Cc1ccc(O)c(O)c1)C(=O)O. The van der Waals surface area contributed by atoms with Crippen molar-refractivity contribution in [2.45, 2.75) is 18.9 Å². The Morgan fingerprint density at radius 2 is 1.86 bits per heavy atom. The predicted octanol–water partition coefficient (Wildman–Crippen LogP) is 0.658. The second-order valence-electron chi connectivity index (χ2n) is 4.16. The number of carbonyl (C=O) groups is 2. The van der Waals surface area contributed by atoms with E-state index in [1.165, 1.54) is 12.1 Å². The highest BCUT2D eigenvalue weighted by Crippen LogP contribution is 2.25. The average Bonchev–Trinajstić information content (AvgIpc) is 2.39. The van der Waals surface area contributed by atoms with E-state index in [2.05, 4.69) is 0 Å². The fourth-order valence-corrected chi connectivity index (χ4v) is 1.51. The van der Waals surface area contributed by atoms with Crippen LogP contribution >= 0.6 is 0 Å². The molecule has 1 unspecified atom stereocenters. The third-order valence-electron chi connectivity index (χ3n) is 2.50. The molecular formula is C12H14F2N2O5. The minimum absolute atomic E-state index is 0.189. The molecule has 1 rings (SSSR count). The minimum Gasteiger partial charge on any atom is -0.504 e. The number of hydrogen-bond acceptors (Lipinski definition) is 4. The van der Waals surface area contributed by atoms with Gasteiger partial charge < -0.3 is 26.0 Å². The highest BCUT2D eigenvalue weighted by Gasteiger charge is 2.21. The summed E-state index contributed by atoms with van der Waals surface area (Å²) in [5, 5.41) is 31.3. The number of aliphatic carboxylic acids is 1. The van der Waals surface area contributed by atoms with Crippen LogP contribution in [0, 0.1) is 0 Å². The summed E-state index contributed by atoms with van der Waals surface area (Å²) in [4.78, 5) is 22.3. The van der Waals surface area contributed by atoms with Crippen LogP contribution < -0.4 is 10.6 Å². The van der Waals surface area contributed by atoms with E-state index in [4.69, 9.17) is 10.2 Å². The Morgan fingerprint density at radius 1 is 1.19 bits per heavy atom. The molecule has 7 nitrogen and oxygen atoms in total. The molecule has 5 N–H and O–H groups in total. The summed E-state index contributed by atoms with van der Waals surface area (Å²) in [7, 11) is 0. The lowest BCUT2D eigenvalue weighted by atomic mass is 10.1. The van der Waals surface area contributed by atoms with Crippen LogP contribution in [0.15, 0.2) is 18.2 Å². The monoisotopic (exact) mass is 304 g/mol. The lowest BCUT2D eigenvalue weighted by Gasteiger charge is -2.15. The number of rotatable bonds is 6. The molecule has 0 aliphatic rings. The number of urea groups is 1. The zero-order valence-electron chi connectivity index (χ0n) is 10.7. The molecule has 116 valence electrons. The number of carboxylic acids is 1. The molecule has 1 aromatic rings. The maximum absolute atomic E-state index is 11.9. The first-order valence-electron chi connectivity index (χ1n) is 5.85. The molecule has 0 aromatic heterocycles. The molecule has 0 saturated carbocycles. The van der Waals surface area contributed by atoms with Crippen molar-refractivity contribution in [2.24, 2.45) is 0 Å². The van der Waals surface area contributed by atoms with Gasteiger partial charge in [-0.3, -0.25) is 0 Å². The van der Waals surface area contributed by atoms with Crippen LogP contribution in [0.2, 0.25) is 0 Å². The average molecular weight is 304 g/mol. The Morgan fingerprint density at radius 3 is 2.38 bits per heavy atom. The number of phenolic OH excluding ortho intramolecular Hbond substituents is 2. The first kappa shape index (κ1) is 16.5. The summed E-state index contributed by atoms with van der Waals surface area (Å²) in [5.74, 6) is -2.16. The van der Waals surface area contributed by atoms with Crippen LogP contribution in [-0.2, 0) is 11.2 Å². The van der Waals surface area contributed by atoms with E-state index in [1.807, 2.05) is 10.6 Å². The van der Waals surface area contributed by atoms with Crippen molar-refractivity contribution in [2.75, 3.05) is 6.54 Å². The lowest BCUT2D eigenvalue weighted by Crippen LogP contribution is -2.48. The number of hydrogen-bond donors (Lipinski definition) is 5. The lowest BCUT2D eigenvalue weighted by molar-refractivity contribution is -0.139. The van der Waals surface area contributed by atoms with E-state index in [0.29, 0.717) is 5.56 Å². The van der Waals surface area contributed by atoms with Crippen LogP contribution in [0.25, 0.3) is 0 Å². The molecule has 0 heterocycles. The van der Waals surface area contributed by atoms with Gasteiger partial charge in [0.05, 0.1) is 6.54 Å². The summed E-state index contributed by atoms with van der Waals surface area (Å²) in [6.07, 6.45) is -2.93. The van der Waals surface area contributed by atoms with Crippen LogP contribution in [0.5, 0.6) is 11.5 Å². The van der Waals surface area contributed by atoms with Crippen molar-refractivity contribution in [3.63, 3.8) is 0 Å². The van der Waals surface area contributed by atoms with Gasteiger partial charge in [0, 0.05) is 6.42 Å². The van der Waals surface area contributed by atoms with Gasteiger partial charge in [0.25, 0.3) is 6.43 Å². The molecule has 0 aliphatic carbocycles. The number of carbonyl (C=O) groups excluding carboxylic acids is 1. The number of halogens is 2. The Bertz CT molecular complexity index is 524. The van der Waals surface area contributed by atoms with E-state index in [0.717, 1.165) is 6.07 Å². The summed E-state index contributed by atoms with van der Waals surface area (Å²) in [6, 6.07) is 1.27. The smallest absolute Gasteiger partial charge is 0.326 e. The number of nitrogens with one attached hydrogen (secondary N) is 2. The predicted molar refractivity (Wildman–Crippen MR) is 67.4 cm³/mol. The molecule has 0 spiro atoms. The van der Waals surface area contributed by atoms with E-state index < -0.39 is 36.8 Å². The van der Waals surface area contributed by atoms with Gasteiger partial charge in [0.1, 0.15) is 6.04 Å². The number of aromatic hydroxyl groups is 2. The van der Waals surface area contributed by atoms with Crippen LogP contribution in [-0.4, -0.2) is 46.3 Å². The normalized spacial score (nSPS) is 12.0. The maximum atomic E-state index is 11.9. The van der Waals surface area contributed by atoms with Crippen molar-refractivity contribution >= 4 is 12.0 Å². The summed E-state index contributed by atoms with van der Waals surface area (Å²) >= 11 is 0.